The molecule has 0 saturated carbocycles. The molecule has 2 amide bonds. The van der Waals surface area contributed by atoms with Crippen molar-refractivity contribution in [3.8, 4) is 0 Å². The van der Waals surface area contributed by atoms with Crippen LogP contribution in [0.5, 0.6) is 0 Å². The van der Waals surface area contributed by atoms with E-state index in [1.165, 1.54) is 30.3 Å². The number of nitrogens with two attached hydrogens (primary N) is 1. The predicted octanol–water partition coefficient (Wildman–Crippen LogP) is 2.43. The van der Waals surface area contributed by atoms with Crippen LogP contribution in [0.2, 0.25) is 0 Å². The van der Waals surface area contributed by atoms with Gasteiger partial charge in [-0.3, -0.25) is 19.7 Å². The zero-order chi connectivity index (χ0) is 17.3. The van der Waals surface area contributed by atoms with Gasteiger partial charge in [0.05, 0.1) is 16.2 Å². The lowest BCUT2D eigenvalue weighted by molar-refractivity contribution is -0.384. The number of fused-ring (bicyclic) bond motifs is 1. The van der Waals surface area contributed by atoms with E-state index in [1.807, 2.05) is 0 Å². The molecular weight excluding hydrogens is 312 g/mol. The third-order valence-electron chi connectivity index (χ3n) is 3.50. The highest BCUT2D eigenvalue weighted by molar-refractivity contribution is 6.09. The van der Waals surface area contributed by atoms with E-state index >= 15 is 0 Å². The van der Waals surface area contributed by atoms with E-state index in [9.17, 15) is 19.7 Å². The smallest absolute Gasteiger partial charge is 0.272 e. The lowest BCUT2D eigenvalue weighted by Crippen LogP contribution is -2.18. The Morgan fingerprint density at radius 1 is 1.12 bits per heavy atom. The molecule has 0 aliphatic carbocycles. The summed E-state index contributed by atoms with van der Waals surface area (Å²) in [6.07, 6.45) is 0. The molecule has 0 bridgehead atoms. The largest absolute Gasteiger partial charge is 0.366 e. The number of carbonyl (C=O) groups is 2. The van der Waals surface area contributed by atoms with Crippen LogP contribution in [0.25, 0.3) is 10.9 Å². The number of aromatic amines is 1. The average Bonchev–Trinajstić information content (AvgIpc) is 2.98. The molecule has 0 fully saturated rings. The maximum absolute atomic E-state index is 12.3. The Bertz CT molecular complexity index is 977. The molecule has 8 nitrogen and oxygen atoms in total. The molecule has 4 N–H and O–H groups in total. The Morgan fingerprint density at radius 2 is 1.88 bits per heavy atom. The number of H-pyrrole nitrogens is 1. The molecular formula is C16H12N4O4. The van der Waals surface area contributed by atoms with Crippen LogP contribution in [-0.4, -0.2) is 21.7 Å². The molecule has 2 aromatic carbocycles. The van der Waals surface area contributed by atoms with Gasteiger partial charge in [-0.1, -0.05) is 12.1 Å². The van der Waals surface area contributed by atoms with Crippen molar-refractivity contribution in [2.75, 3.05) is 5.32 Å². The van der Waals surface area contributed by atoms with Crippen LogP contribution in [0.4, 0.5) is 11.4 Å². The number of para-hydroxylation sites is 1. The van der Waals surface area contributed by atoms with Gasteiger partial charge >= 0.3 is 0 Å². The Balaban J connectivity index is 1.92. The molecule has 0 atom stereocenters. The molecule has 24 heavy (non-hydrogen) atoms. The number of nitrogens with one attached hydrogen (secondary N) is 2. The number of aromatic nitrogens is 1. The van der Waals surface area contributed by atoms with Crippen molar-refractivity contribution in [3.63, 3.8) is 0 Å². The van der Waals surface area contributed by atoms with Gasteiger partial charge in [-0.15, -0.1) is 0 Å². The molecule has 1 heterocycles. The Hall–Kier alpha value is -3.68. The minimum absolute atomic E-state index is 0.0625. The first-order valence-corrected chi connectivity index (χ1v) is 6.93. The van der Waals surface area contributed by atoms with Crippen molar-refractivity contribution in [2.45, 2.75) is 0 Å². The molecule has 0 aliphatic rings. The van der Waals surface area contributed by atoms with Crippen molar-refractivity contribution in [1.29, 1.82) is 0 Å². The molecule has 8 heteroatoms. The van der Waals surface area contributed by atoms with Crippen LogP contribution in [0, 0.1) is 10.1 Å². The van der Waals surface area contributed by atoms with Crippen molar-refractivity contribution in [1.82, 2.24) is 4.98 Å². The van der Waals surface area contributed by atoms with Gasteiger partial charge in [0.25, 0.3) is 17.5 Å². The minimum Gasteiger partial charge on any atom is -0.366 e. The van der Waals surface area contributed by atoms with Gasteiger partial charge in [-0.2, -0.15) is 0 Å². The number of hydrogen-bond donors (Lipinski definition) is 3. The molecule has 0 spiro atoms. The van der Waals surface area contributed by atoms with Crippen LogP contribution in [-0.2, 0) is 0 Å². The average molecular weight is 324 g/mol. The fraction of sp³-hybridized carbons (Fsp3) is 0. The molecule has 0 radical (unpaired) electrons. The molecule has 0 saturated heterocycles. The fourth-order valence-electron chi connectivity index (χ4n) is 2.35. The third-order valence-corrected chi connectivity index (χ3v) is 3.50. The predicted molar refractivity (Wildman–Crippen MR) is 87.9 cm³/mol. The fourth-order valence-corrected chi connectivity index (χ4v) is 2.35. The Labute approximate surface area is 135 Å². The summed E-state index contributed by atoms with van der Waals surface area (Å²) in [6.45, 7) is 0. The van der Waals surface area contributed by atoms with Crippen LogP contribution in [0.3, 0.4) is 0 Å². The number of anilines is 1. The van der Waals surface area contributed by atoms with Crippen LogP contribution in [0.15, 0.2) is 48.5 Å². The summed E-state index contributed by atoms with van der Waals surface area (Å²) in [7, 11) is 0. The first-order valence-electron chi connectivity index (χ1n) is 6.93. The molecule has 0 unspecified atom stereocenters. The van der Waals surface area contributed by atoms with E-state index in [-0.39, 0.29) is 16.9 Å². The first kappa shape index (κ1) is 15.2. The second-order valence-corrected chi connectivity index (χ2v) is 5.08. The van der Waals surface area contributed by atoms with Crippen molar-refractivity contribution >= 4 is 34.1 Å². The lowest BCUT2D eigenvalue weighted by Gasteiger charge is -2.07. The summed E-state index contributed by atoms with van der Waals surface area (Å²) in [5, 5.41) is 13.9. The van der Waals surface area contributed by atoms with Gasteiger partial charge in [0.15, 0.2) is 0 Å². The molecule has 0 aliphatic heterocycles. The summed E-state index contributed by atoms with van der Waals surface area (Å²) in [5.41, 5.74) is 6.50. The third kappa shape index (κ3) is 2.80. The number of hydrogen-bond acceptors (Lipinski definition) is 4. The van der Waals surface area contributed by atoms with E-state index in [2.05, 4.69) is 10.3 Å². The van der Waals surface area contributed by atoms with Crippen molar-refractivity contribution < 1.29 is 14.5 Å². The second-order valence-electron chi connectivity index (χ2n) is 5.08. The number of nitro benzene ring substituents is 1. The van der Waals surface area contributed by atoms with E-state index < -0.39 is 16.7 Å². The van der Waals surface area contributed by atoms with Gasteiger partial charge in [-0.05, 0) is 24.3 Å². The highest BCUT2D eigenvalue weighted by Crippen LogP contribution is 2.22. The summed E-state index contributed by atoms with van der Waals surface area (Å²) in [6, 6.07) is 12.1. The number of primary amides is 1. The highest BCUT2D eigenvalue weighted by atomic mass is 16.6. The maximum atomic E-state index is 12.3. The van der Waals surface area contributed by atoms with Gasteiger partial charge in [0.2, 0.25) is 0 Å². The number of carbonyl (C=O) groups excluding carboxylic acids is 2. The first-order chi connectivity index (χ1) is 11.5. The van der Waals surface area contributed by atoms with Gasteiger partial charge in [-0.25, -0.2) is 0 Å². The van der Waals surface area contributed by atoms with E-state index in [1.54, 1.807) is 18.2 Å². The minimum atomic E-state index is -0.654. The number of amides is 2. The number of nitro groups is 1. The zero-order valence-electron chi connectivity index (χ0n) is 12.3. The standard InChI is InChI=1S/C16H12N4O4/c17-15(21)11-3-1-2-4-13(11)19-16(22)14-8-9-7-10(20(23)24)5-6-12(9)18-14/h1-8,18H,(H2,17,21)(H,19,22). The van der Waals surface area contributed by atoms with Gasteiger partial charge in [0.1, 0.15) is 5.69 Å². The number of nitrogens with zero attached hydrogens (tertiary/aromatic N) is 1. The molecule has 3 rings (SSSR count). The molecule has 120 valence electrons. The van der Waals surface area contributed by atoms with Crippen molar-refractivity contribution in [3.05, 3.63) is 69.9 Å². The second kappa shape index (κ2) is 5.84. The van der Waals surface area contributed by atoms with Crippen LogP contribution >= 0.6 is 0 Å². The summed E-state index contributed by atoms with van der Waals surface area (Å²) in [5.74, 6) is -1.14. The number of benzene rings is 2. The number of rotatable bonds is 4. The molecule has 1 aromatic heterocycles. The highest BCUT2D eigenvalue weighted by Gasteiger charge is 2.15. The normalized spacial score (nSPS) is 10.5. The number of non-ortho nitro benzene ring substituents is 1. The topological polar surface area (TPSA) is 131 Å². The summed E-state index contributed by atoms with van der Waals surface area (Å²) in [4.78, 5) is 36.9. The SMILES string of the molecule is NC(=O)c1ccccc1NC(=O)c1cc2cc([N+](=O)[O-])ccc2[nH]1. The Morgan fingerprint density at radius 3 is 2.58 bits per heavy atom. The van der Waals surface area contributed by atoms with Gasteiger partial charge in [0, 0.05) is 23.0 Å². The zero-order valence-corrected chi connectivity index (χ0v) is 12.3. The summed E-state index contributed by atoms with van der Waals surface area (Å²) < 4.78 is 0. The summed E-state index contributed by atoms with van der Waals surface area (Å²) >= 11 is 0. The van der Waals surface area contributed by atoms with E-state index in [4.69, 9.17) is 5.73 Å². The monoisotopic (exact) mass is 324 g/mol. The van der Waals surface area contributed by atoms with Crippen LogP contribution < -0.4 is 11.1 Å². The Kier molecular flexibility index (Phi) is 3.70. The molecule has 3 aromatic rings. The van der Waals surface area contributed by atoms with E-state index in [0.717, 1.165) is 0 Å². The maximum Gasteiger partial charge on any atom is 0.272 e. The lowest BCUT2D eigenvalue weighted by atomic mass is 10.1. The quantitative estimate of drug-likeness (QED) is 0.502. The van der Waals surface area contributed by atoms with E-state index in [0.29, 0.717) is 16.6 Å². The van der Waals surface area contributed by atoms with Crippen molar-refractivity contribution in [2.24, 2.45) is 5.73 Å². The van der Waals surface area contributed by atoms with Gasteiger partial charge < -0.3 is 16.0 Å². The van der Waals surface area contributed by atoms with Crippen LogP contribution in [0.1, 0.15) is 20.8 Å².